The van der Waals surface area contributed by atoms with Gasteiger partial charge >= 0.3 is 55.1 Å². The van der Waals surface area contributed by atoms with Crippen molar-refractivity contribution < 1.29 is 24.5 Å². The molecule has 0 rings (SSSR count). The zero-order valence-corrected chi connectivity index (χ0v) is 7.21. The van der Waals surface area contributed by atoms with Gasteiger partial charge < -0.3 is 24.5 Å². The molecular weight excluding hydrogens is 164 g/mol. The van der Waals surface area contributed by atoms with Gasteiger partial charge in [0.1, 0.15) is 0 Å². The third-order valence-electron chi connectivity index (χ3n) is 0. The first-order valence-electron chi connectivity index (χ1n) is 0.707. The molecule has 0 spiro atoms. The minimum absolute atomic E-state index is 0. The first-order valence-corrected chi connectivity index (χ1v) is 0.707. The summed E-state index contributed by atoms with van der Waals surface area (Å²) in [7, 11) is -2.92. The molecule has 0 saturated carbocycles. The maximum Gasteiger partial charge on any atom is 3.00 e. The number of rotatable bonds is 0. The third-order valence-corrected chi connectivity index (χ3v) is 0. The van der Waals surface area contributed by atoms with E-state index in [-0.39, 0.29) is 64.5 Å². The van der Waals surface area contributed by atoms with Gasteiger partial charge in [-0.15, -0.1) is 0 Å². The van der Waals surface area contributed by atoms with Crippen LogP contribution >= 0.6 is 0 Å². The summed E-state index contributed by atoms with van der Waals surface area (Å²) in [5, 5.41) is 25.2. The van der Waals surface area contributed by atoms with Crippen molar-refractivity contribution in [2.45, 2.75) is 0 Å². The second-order valence-corrected chi connectivity index (χ2v) is 0.289. The van der Waals surface area contributed by atoms with Crippen LogP contribution in [0.5, 0.6) is 0 Å². The van der Waals surface area contributed by atoms with Gasteiger partial charge in [0, 0.05) is 0 Å². The van der Waals surface area contributed by atoms with Crippen molar-refractivity contribution >= 4 is 62.4 Å². The standard InChI is InChI=1S/Al.BO3.Ca.2FH/c;2-1(3)4;;;/h;;;2*1H/q+3;-3;+2;;/p-2. The largest absolute Gasteiger partial charge is 3.00 e. The van der Waals surface area contributed by atoms with Crippen LogP contribution in [-0.2, 0) is 0 Å². The van der Waals surface area contributed by atoms with Crippen LogP contribution in [0.1, 0.15) is 0 Å². The number of hydrogen-bond acceptors (Lipinski definition) is 3. The predicted octanol–water partition coefficient (Wildman–Crippen LogP) is -10.7. The molecular formula is AlBCaF2O3. The van der Waals surface area contributed by atoms with Crippen molar-refractivity contribution in [2.24, 2.45) is 0 Å². The van der Waals surface area contributed by atoms with Crippen molar-refractivity contribution in [3.8, 4) is 0 Å². The van der Waals surface area contributed by atoms with Crippen LogP contribution in [0.25, 0.3) is 0 Å². The van der Waals surface area contributed by atoms with Crippen LogP contribution in [-0.4, -0.2) is 62.4 Å². The molecule has 0 heterocycles. The van der Waals surface area contributed by atoms with Crippen LogP contribution in [0.3, 0.4) is 0 Å². The Balaban J connectivity index is -0.00000000750. The number of halogens is 2. The monoisotopic (exact) mass is 164 g/mol. The van der Waals surface area contributed by atoms with Crippen molar-refractivity contribution in [3.05, 3.63) is 0 Å². The molecule has 0 aliphatic carbocycles. The molecule has 0 aromatic carbocycles. The summed E-state index contributed by atoms with van der Waals surface area (Å²) in [4.78, 5) is 0. The fraction of sp³-hybridized carbons (Fsp3) is 0. The summed E-state index contributed by atoms with van der Waals surface area (Å²) in [6.45, 7) is 0. The Labute approximate surface area is 86.1 Å². The Morgan fingerprint density at radius 2 is 0.875 bits per heavy atom. The first-order chi connectivity index (χ1) is 1.73. The van der Waals surface area contributed by atoms with E-state index in [2.05, 4.69) is 0 Å². The quantitative estimate of drug-likeness (QED) is 0.333. The smallest absolute Gasteiger partial charge is 1.00 e. The Bertz CT molecular complexity index is 22.0. The Hall–Kier alpha value is 1.60. The zero-order valence-electron chi connectivity index (χ0n) is 3.84. The molecule has 0 bridgehead atoms. The van der Waals surface area contributed by atoms with Gasteiger partial charge in [0.2, 0.25) is 0 Å². The van der Waals surface area contributed by atoms with E-state index in [0.29, 0.717) is 0 Å². The first kappa shape index (κ1) is 33.6. The summed E-state index contributed by atoms with van der Waals surface area (Å²) in [5.74, 6) is 0. The molecule has 0 N–H and O–H groups in total. The van der Waals surface area contributed by atoms with E-state index in [4.69, 9.17) is 15.1 Å². The van der Waals surface area contributed by atoms with Crippen LogP contribution in [0, 0.1) is 0 Å². The number of hydrogen-bond donors (Lipinski definition) is 0. The molecule has 0 unspecified atom stereocenters. The van der Waals surface area contributed by atoms with Crippen molar-refractivity contribution in [1.82, 2.24) is 0 Å². The molecule has 0 aliphatic heterocycles. The molecule has 8 heavy (non-hydrogen) atoms. The second-order valence-electron chi connectivity index (χ2n) is 0.289. The fourth-order valence-electron chi connectivity index (χ4n) is 0. The van der Waals surface area contributed by atoms with E-state index in [1.165, 1.54) is 0 Å². The molecule has 0 saturated heterocycles. The average Bonchev–Trinajstić information content (AvgIpc) is 0.811. The van der Waals surface area contributed by atoms with E-state index >= 15 is 0 Å². The molecule has 0 aliphatic rings. The van der Waals surface area contributed by atoms with E-state index in [0.717, 1.165) is 0 Å². The van der Waals surface area contributed by atoms with Gasteiger partial charge in [0.15, 0.2) is 0 Å². The van der Waals surface area contributed by atoms with Crippen molar-refractivity contribution in [3.63, 3.8) is 0 Å². The Kier molecular flexibility index (Phi) is 98.5. The van der Waals surface area contributed by atoms with Crippen LogP contribution < -0.4 is 24.5 Å². The van der Waals surface area contributed by atoms with E-state index in [1.54, 1.807) is 0 Å². The van der Waals surface area contributed by atoms with Gasteiger partial charge in [0.05, 0.1) is 0 Å². The minimum Gasteiger partial charge on any atom is -1.00 e. The molecule has 8 heteroatoms. The normalized spacial score (nSPS) is 3.38. The van der Waals surface area contributed by atoms with Crippen molar-refractivity contribution in [1.29, 1.82) is 0 Å². The molecule has 0 radical (unpaired) electrons. The van der Waals surface area contributed by atoms with Gasteiger partial charge in [-0.25, -0.2) is 0 Å². The molecule has 0 amide bonds. The van der Waals surface area contributed by atoms with Crippen LogP contribution in [0.15, 0.2) is 0 Å². The summed E-state index contributed by atoms with van der Waals surface area (Å²) < 4.78 is 0. The molecule has 0 fully saturated rings. The minimum atomic E-state index is -2.92. The third kappa shape index (κ3) is 130. The maximum atomic E-state index is 8.42. The molecule has 0 aromatic heterocycles. The van der Waals surface area contributed by atoms with Crippen molar-refractivity contribution in [2.75, 3.05) is 0 Å². The molecule has 0 aromatic rings. The van der Waals surface area contributed by atoms with Gasteiger partial charge in [-0.05, 0) is 0 Å². The summed E-state index contributed by atoms with van der Waals surface area (Å²) in [6.07, 6.45) is 0. The molecule has 0 atom stereocenters. The second kappa shape index (κ2) is 23.5. The fourth-order valence-corrected chi connectivity index (χ4v) is 0. The van der Waals surface area contributed by atoms with E-state index < -0.39 is 7.32 Å². The summed E-state index contributed by atoms with van der Waals surface area (Å²) >= 11 is 0. The molecule has 40 valence electrons. The van der Waals surface area contributed by atoms with Gasteiger partial charge in [-0.2, -0.15) is 0 Å². The summed E-state index contributed by atoms with van der Waals surface area (Å²) in [5.41, 5.74) is 0. The Morgan fingerprint density at radius 3 is 0.875 bits per heavy atom. The SMILES string of the molecule is [Al+3].[Ca+2].[F-].[F-].[O-]B([O-])[O-]. The topological polar surface area (TPSA) is 69.2 Å². The zero-order chi connectivity index (χ0) is 3.58. The van der Waals surface area contributed by atoms with Crippen LogP contribution in [0.2, 0.25) is 0 Å². The van der Waals surface area contributed by atoms with E-state index in [1.807, 2.05) is 0 Å². The van der Waals surface area contributed by atoms with Crippen LogP contribution in [0.4, 0.5) is 0 Å². The maximum absolute atomic E-state index is 8.42. The summed E-state index contributed by atoms with van der Waals surface area (Å²) in [6, 6.07) is 0. The average molecular weight is 164 g/mol. The molecule has 3 nitrogen and oxygen atoms in total. The van der Waals surface area contributed by atoms with Gasteiger partial charge in [-0.3, -0.25) is 7.32 Å². The van der Waals surface area contributed by atoms with E-state index in [9.17, 15) is 0 Å². The predicted molar refractivity (Wildman–Crippen MR) is 17.3 cm³/mol. The Morgan fingerprint density at radius 1 is 0.875 bits per heavy atom. The van der Waals surface area contributed by atoms with Gasteiger partial charge in [-0.1, -0.05) is 0 Å². The van der Waals surface area contributed by atoms with Gasteiger partial charge in [0.25, 0.3) is 0 Å².